The molecule has 0 saturated carbocycles. The first-order valence-corrected chi connectivity index (χ1v) is 10.7. The Hall–Kier alpha value is -1.34. The fraction of sp³-hybridized carbons (Fsp3) is 0.143. The molecule has 8 heteroatoms. The molecule has 0 fully saturated rings. The van der Waals surface area contributed by atoms with Crippen molar-refractivity contribution in [1.29, 1.82) is 0 Å². The molecule has 0 aliphatic rings. The smallest absolute Gasteiger partial charge is 0.485 e. The largest absolute Gasteiger partial charge is 0.741 e. The van der Waals surface area contributed by atoms with E-state index in [1.54, 1.807) is 0 Å². The standard InChI is InChI=1S/C13H13Se.CHF3O3S/c1-14(12-8-4-2-5-9-12)13-10-6-3-7-11-13;2-1(3,4)8(5,6)7/h2-11H,1H3;(H,5,6,7)/q+1;/p-1. The number of hydrogen-bond acceptors (Lipinski definition) is 3. The predicted molar refractivity (Wildman–Crippen MR) is 79.5 cm³/mol. The van der Waals surface area contributed by atoms with Gasteiger partial charge in [-0.25, -0.2) is 8.42 Å². The van der Waals surface area contributed by atoms with Crippen LogP contribution < -0.4 is 8.92 Å². The number of alkyl halides is 3. The zero-order valence-corrected chi connectivity index (χ0v) is 14.0. The van der Waals surface area contributed by atoms with E-state index in [0.717, 1.165) is 0 Å². The topological polar surface area (TPSA) is 57.2 Å². The summed E-state index contributed by atoms with van der Waals surface area (Å²) in [5.41, 5.74) is -5.65. The number of rotatable bonds is 2. The summed E-state index contributed by atoms with van der Waals surface area (Å²) in [6, 6.07) is 21.6. The van der Waals surface area contributed by atoms with E-state index in [9.17, 15) is 13.2 Å². The molecule has 0 saturated heterocycles. The number of benzene rings is 2. The van der Waals surface area contributed by atoms with E-state index in [4.69, 9.17) is 13.0 Å². The van der Waals surface area contributed by atoms with Crippen LogP contribution in [0.1, 0.15) is 0 Å². The van der Waals surface area contributed by atoms with Gasteiger partial charge in [0, 0.05) is 0 Å². The van der Waals surface area contributed by atoms with Crippen LogP contribution in [0, 0.1) is 0 Å². The second-order valence-electron chi connectivity index (χ2n) is 4.04. The maximum absolute atomic E-state index is 10.7. The van der Waals surface area contributed by atoms with Gasteiger partial charge in [0.1, 0.15) is 0 Å². The monoisotopic (exact) mass is 398 g/mol. The van der Waals surface area contributed by atoms with Gasteiger partial charge in [-0.1, -0.05) is 0 Å². The molecular weight excluding hydrogens is 384 g/mol. The molecule has 0 aliphatic carbocycles. The van der Waals surface area contributed by atoms with Crippen LogP contribution in [0.5, 0.6) is 0 Å². The van der Waals surface area contributed by atoms with Crippen molar-refractivity contribution in [3.63, 3.8) is 0 Å². The zero-order valence-electron chi connectivity index (χ0n) is 11.4. The van der Waals surface area contributed by atoms with E-state index >= 15 is 0 Å². The van der Waals surface area contributed by atoms with Crippen molar-refractivity contribution < 1.29 is 26.1 Å². The first kappa shape index (κ1) is 18.7. The number of hydrogen-bond donors (Lipinski definition) is 0. The Morgan fingerprint density at radius 1 is 0.864 bits per heavy atom. The van der Waals surface area contributed by atoms with Gasteiger partial charge in [0.2, 0.25) is 0 Å². The molecule has 22 heavy (non-hydrogen) atoms. The van der Waals surface area contributed by atoms with Crippen LogP contribution in [0.4, 0.5) is 13.2 Å². The zero-order chi connectivity index (χ0) is 16.8. The minimum atomic E-state index is -6.09. The summed E-state index contributed by atoms with van der Waals surface area (Å²) >= 11 is -0.779. The second kappa shape index (κ2) is 7.78. The van der Waals surface area contributed by atoms with Crippen molar-refractivity contribution in [3.05, 3.63) is 60.7 Å². The summed E-state index contributed by atoms with van der Waals surface area (Å²) < 4.78 is 61.9. The third-order valence-corrected chi connectivity index (χ3v) is 7.15. The van der Waals surface area contributed by atoms with Crippen LogP contribution in [-0.4, -0.2) is 32.4 Å². The Morgan fingerprint density at radius 2 is 1.14 bits per heavy atom. The maximum atomic E-state index is 10.7. The van der Waals surface area contributed by atoms with Gasteiger partial charge in [-0.2, -0.15) is 13.2 Å². The Bertz CT molecular complexity index is 634. The van der Waals surface area contributed by atoms with Crippen molar-refractivity contribution in [2.45, 2.75) is 11.3 Å². The van der Waals surface area contributed by atoms with Crippen LogP contribution >= 0.6 is 0 Å². The van der Waals surface area contributed by atoms with Crippen LogP contribution in [0.3, 0.4) is 0 Å². The van der Waals surface area contributed by atoms with Crippen LogP contribution in [0.15, 0.2) is 60.7 Å². The molecule has 0 bridgehead atoms. The van der Waals surface area contributed by atoms with Crippen molar-refractivity contribution >= 4 is 32.9 Å². The third-order valence-electron chi connectivity index (χ3n) is 2.48. The molecule has 2 aromatic carbocycles. The summed E-state index contributed by atoms with van der Waals surface area (Å²) in [5.74, 6) is 2.37. The molecule has 120 valence electrons. The van der Waals surface area contributed by atoms with Gasteiger partial charge in [0.05, 0.1) is 0 Å². The normalized spacial score (nSPS) is 11.7. The van der Waals surface area contributed by atoms with Crippen molar-refractivity contribution in [2.24, 2.45) is 0 Å². The van der Waals surface area contributed by atoms with E-state index in [1.807, 2.05) is 0 Å². The van der Waals surface area contributed by atoms with Gasteiger partial charge in [0.15, 0.2) is 10.1 Å². The van der Waals surface area contributed by atoms with E-state index in [-0.39, 0.29) is 0 Å². The van der Waals surface area contributed by atoms with Gasteiger partial charge < -0.3 is 4.55 Å². The van der Waals surface area contributed by atoms with Crippen LogP contribution in [0.25, 0.3) is 0 Å². The molecule has 0 atom stereocenters. The first-order chi connectivity index (χ1) is 10.1. The van der Waals surface area contributed by atoms with Crippen LogP contribution in [-0.2, 0) is 10.1 Å². The van der Waals surface area contributed by atoms with Crippen molar-refractivity contribution in [3.8, 4) is 0 Å². The maximum Gasteiger partial charge on any atom is 0.485 e. The fourth-order valence-corrected chi connectivity index (χ4v) is 4.33. The third kappa shape index (κ3) is 5.81. The van der Waals surface area contributed by atoms with Gasteiger partial charge in [0.25, 0.3) is 0 Å². The molecule has 0 unspecified atom stereocenters. The van der Waals surface area contributed by atoms with E-state index in [1.165, 1.54) is 8.92 Å². The van der Waals surface area contributed by atoms with Gasteiger partial charge in [-0.3, -0.25) is 0 Å². The average Bonchev–Trinajstić information content (AvgIpc) is 2.47. The van der Waals surface area contributed by atoms with Crippen molar-refractivity contribution in [2.75, 3.05) is 0 Å². The molecule has 0 amide bonds. The Balaban J connectivity index is 0.000000261. The molecule has 0 radical (unpaired) electrons. The first-order valence-electron chi connectivity index (χ1n) is 5.91. The molecule has 0 spiro atoms. The molecule has 0 heterocycles. The van der Waals surface area contributed by atoms with E-state index in [2.05, 4.69) is 66.5 Å². The second-order valence-corrected chi connectivity index (χ2v) is 9.53. The SMILES string of the molecule is C[Se+](c1ccccc1)c1ccccc1.O=S(=O)([O-])C(F)(F)F. The molecule has 2 aromatic rings. The summed E-state index contributed by atoms with van der Waals surface area (Å²) in [7, 11) is -6.09. The molecular formula is C14H13F3O3SSe. The molecule has 3 nitrogen and oxygen atoms in total. The molecule has 2 rings (SSSR count). The Morgan fingerprint density at radius 3 is 1.36 bits per heavy atom. The predicted octanol–water partition coefficient (Wildman–Crippen LogP) is 1.98. The molecule has 0 aliphatic heterocycles. The minimum Gasteiger partial charge on any atom is -0.741 e. The van der Waals surface area contributed by atoms with Gasteiger partial charge >= 0.3 is 94.8 Å². The Kier molecular flexibility index (Phi) is 6.62. The van der Waals surface area contributed by atoms with Gasteiger partial charge in [-0.05, 0) is 0 Å². The quantitative estimate of drug-likeness (QED) is 0.443. The van der Waals surface area contributed by atoms with E-state index in [0.29, 0.717) is 0 Å². The summed E-state index contributed by atoms with van der Waals surface area (Å²) in [6.45, 7) is 0. The summed E-state index contributed by atoms with van der Waals surface area (Å²) in [4.78, 5) is 0. The summed E-state index contributed by atoms with van der Waals surface area (Å²) in [5, 5.41) is 0. The minimum absolute atomic E-state index is 0.779. The summed E-state index contributed by atoms with van der Waals surface area (Å²) in [6.07, 6.45) is 0. The molecule has 0 N–H and O–H groups in total. The molecule has 0 aromatic heterocycles. The van der Waals surface area contributed by atoms with E-state index < -0.39 is 29.5 Å². The van der Waals surface area contributed by atoms with Crippen molar-refractivity contribution in [1.82, 2.24) is 0 Å². The fourth-order valence-electron chi connectivity index (χ4n) is 1.39. The number of halogens is 3. The average molecular weight is 397 g/mol. The van der Waals surface area contributed by atoms with Gasteiger partial charge in [-0.15, -0.1) is 0 Å². The Labute approximate surface area is 131 Å². The van der Waals surface area contributed by atoms with Crippen LogP contribution in [0.2, 0.25) is 5.82 Å².